The monoisotopic (exact) mass is 339 g/mol. The van der Waals surface area contributed by atoms with Crippen LogP contribution in [0.25, 0.3) is 0 Å². The lowest BCUT2D eigenvalue weighted by atomic mass is 9.76. The van der Waals surface area contributed by atoms with E-state index in [0.29, 0.717) is 24.2 Å². The van der Waals surface area contributed by atoms with E-state index in [1.165, 1.54) is 7.11 Å². The molecule has 3 atom stereocenters. The predicted octanol–water partition coefficient (Wildman–Crippen LogP) is 3.12. The second-order valence-corrected chi connectivity index (χ2v) is 6.62. The van der Waals surface area contributed by atoms with Crippen LogP contribution in [0.2, 0.25) is 0 Å². The number of carbonyl (C=O) groups excluding carboxylic acids is 1. The number of halogens is 1. The van der Waals surface area contributed by atoms with E-state index in [1.807, 2.05) is 6.92 Å². The van der Waals surface area contributed by atoms with Crippen molar-refractivity contribution >= 4 is 23.5 Å². The van der Waals surface area contributed by atoms with Crippen molar-refractivity contribution in [2.75, 3.05) is 7.11 Å². The predicted molar refractivity (Wildman–Crippen MR) is 87.7 cm³/mol. The summed E-state index contributed by atoms with van der Waals surface area (Å²) in [6, 6.07) is 6.96. The first kappa shape index (κ1) is 17.6. The van der Waals surface area contributed by atoms with E-state index >= 15 is 0 Å². The van der Waals surface area contributed by atoms with E-state index in [2.05, 4.69) is 5.32 Å². The number of hydrogen-bond donors (Lipinski definition) is 2. The van der Waals surface area contributed by atoms with E-state index in [-0.39, 0.29) is 5.92 Å². The highest BCUT2D eigenvalue weighted by Gasteiger charge is 2.44. The quantitative estimate of drug-likeness (QED) is 0.808. The summed E-state index contributed by atoms with van der Waals surface area (Å²) in [5.74, 6) is -0.752. The molecule has 1 aliphatic carbocycles. The van der Waals surface area contributed by atoms with Gasteiger partial charge in [-0.05, 0) is 24.8 Å². The number of carboxylic acid groups (broad SMARTS) is 1. The molecule has 2 rings (SSSR count). The van der Waals surface area contributed by atoms with E-state index < -0.39 is 22.8 Å². The van der Waals surface area contributed by atoms with Gasteiger partial charge in [0.2, 0.25) is 5.91 Å². The summed E-state index contributed by atoms with van der Waals surface area (Å²) in [6.07, 6.45) is 2.59. The van der Waals surface area contributed by atoms with Gasteiger partial charge in [0.25, 0.3) is 0 Å². The van der Waals surface area contributed by atoms with Crippen molar-refractivity contribution in [3.63, 3.8) is 0 Å². The Morgan fingerprint density at radius 3 is 2.74 bits per heavy atom. The summed E-state index contributed by atoms with van der Waals surface area (Å²) in [5, 5.41) is 11.3. The molecule has 126 valence electrons. The van der Waals surface area contributed by atoms with Crippen molar-refractivity contribution in [1.82, 2.24) is 5.32 Å². The number of benzene rings is 1. The number of rotatable bonds is 5. The van der Waals surface area contributed by atoms with E-state index in [9.17, 15) is 14.7 Å². The Labute approximate surface area is 141 Å². The summed E-state index contributed by atoms with van der Waals surface area (Å²) < 4.78 is 5.22. The van der Waals surface area contributed by atoms with Crippen molar-refractivity contribution in [3.8, 4) is 5.75 Å². The number of ether oxygens (including phenoxy) is 1. The fourth-order valence-corrected chi connectivity index (χ4v) is 3.46. The maximum absolute atomic E-state index is 12.5. The molecule has 1 aliphatic rings. The summed E-state index contributed by atoms with van der Waals surface area (Å²) in [6.45, 7) is 2.00. The van der Waals surface area contributed by atoms with Crippen LogP contribution in [0.1, 0.15) is 43.5 Å². The summed E-state index contributed by atoms with van der Waals surface area (Å²) in [4.78, 5) is 24.3. The van der Waals surface area contributed by atoms with Crippen molar-refractivity contribution in [2.45, 2.75) is 43.5 Å². The second kappa shape index (κ2) is 7.21. The number of aliphatic carboxylic acids is 1. The van der Waals surface area contributed by atoms with Gasteiger partial charge < -0.3 is 15.2 Å². The van der Waals surface area contributed by atoms with Crippen LogP contribution < -0.4 is 10.1 Å². The van der Waals surface area contributed by atoms with Crippen LogP contribution in [0.3, 0.4) is 0 Å². The number of alkyl halides is 1. The molecule has 0 heterocycles. The molecule has 0 aromatic heterocycles. The van der Waals surface area contributed by atoms with Gasteiger partial charge in [-0.25, -0.2) is 4.79 Å². The van der Waals surface area contributed by atoms with Crippen LogP contribution >= 0.6 is 11.6 Å². The number of hydrogen-bond acceptors (Lipinski definition) is 3. The van der Waals surface area contributed by atoms with Crippen LogP contribution in [-0.4, -0.2) is 29.6 Å². The molecule has 6 heteroatoms. The lowest BCUT2D eigenvalue weighted by Gasteiger charge is -2.37. The van der Waals surface area contributed by atoms with Gasteiger partial charge >= 0.3 is 5.97 Å². The Morgan fingerprint density at radius 2 is 2.13 bits per heavy atom. The number of methoxy groups -OCH3 is 1. The third-order valence-electron chi connectivity index (χ3n) is 4.41. The molecule has 5 nitrogen and oxygen atoms in total. The maximum atomic E-state index is 12.5. The lowest BCUT2D eigenvalue weighted by molar-refractivity contribution is -0.150. The fraction of sp³-hybridized carbons (Fsp3) is 0.529. The molecule has 23 heavy (non-hydrogen) atoms. The Morgan fingerprint density at radius 1 is 1.43 bits per heavy atom. The van der Waals surface area contributed by atoms with Crippen molar-refractivity contribution in [1.29, 1.82) is 0 Å². The van der Waals surface area contributed by atoms with Gasteiger partial charge in [0, 0.05) is 5.56 Å². The molecule has 1 amide bonds. The minimum Gasteiger partial charge on any atom is -0.496 e. The Balaban J connectivity index is 2.20. The van der Waals surface area contributed by atoms with E-state index in [1.54, 1.807) is 24.3 Å². The zero-order valence-electron chi connectivity index (χ0n) is 13.3. The van der Waals surface area contributed by atoms with Crippen LogP contribution in [0.4, 0.5) is 0 Å². The highest BCUT2D eigenvalue weighted by Crippen LogP contribution is 2.35. The third kappa shape index (κ3) is 3.78. The summed E-state index contributed by atoms with van der Waals surface area (Å²) in [7, 11) is 1.50. The fourth-order valence-electron chi connectivity index (χ4n) is 3.23. The molecule has 0 radical (unpaired) electrons. The van der Waals surface area contributed by atoms with Crippen LogP contribution in [0, 0.1) is 5.92 Å². The van der Waals surface area contributed by atoms with E-state index in [0.717, 1.165) is 12.8 Å². The van der Waals surface area contributed by atoms with Gasteiger partial charge in [0.05, 0.1) is 7.11 Å². The number of nitrogens with one attached hydrogen (secondary N) is 1. The van der Waals surface area contributed by atoms with Crippen molar-refractivity contribution < 1.29 is 19.4 Å². The number of amides is 1. The minimum absolute atomic E-state index is 0.250. The van der Waals surface area contributed by atoms with E-state index in [4.69, 9.17) is 16.3 Å². The smallest absolute Gasteiger partial charge is 0.329 e. The molecule has 1 saturated carbocycles. The average Bonchev–Trinajstić information content (AvgIpc) is 2.53. The Hall–Kier alpha value is -1.75. The molecule has 0 aliphatic heterocycles. The average molecular weight is 340 g/mol. The number of carbonyl (C=O) groups is 2. The second-order valence-electron chi connectivity index (χ2n) is 6.18. The highest BCUT2D eigenvalue weighted by molar-refractivity contribution is 6.31. The highest BCUT2D eigenvalue weighted by atomic mass is 35.5. The van der Waals surface area contributed by atoms with Crippen LogP contribution in [0.5, 0.6) is 5.75 Å². The summed E-state index contributed by atoms with van der Waals surface area (Å²) >= 11 is 6.28. The molecular formula is C17H22ClNO4. The topological polar surface area (TPSA) is 75.6 Å². The summed E-state index contributed by atoms with van der Waals surface area (Å²) in [5.41, 5.74) is -0.706. The molecule has 3 unspecified atom stereocenters. The Bertz CT molecular complexity index is 592. The SMILES string of the molecule is COc1ccccc1C(Cl)C(=O)NC1(C(=O)O)CCCC(C)C1. The van der Waals surface area contributed by atoms with Gasteiger partial charge in [-0.2, -0.15) is 0 Å². The standard InChI is InChI=1S/C17H22ClNO4/c1-11-6-5-9-17(10-11,16(21)22)19-15(20)14(18)12-7-3-4-8-13(12)23-2/h3-4,7-8,11,14H,5-6,9-10H2,1-2H3,(H,19,20)(H,21,22). The van der Waals surface area contributed by atoms with Crippen molar-refractivity contribution in [3.05, 3.63) is 29.8 Å². The molecule has 0 saturated heterocycles. The molecule has 1 aromatic carbocycles. The number of carboxylic acids is 1. The molecule has 1 aromatic rings. The molecule has 0 spiro atoms. The van der Waals surface area contributed by atoms with Crippen LogP contribution in [-0.2, 0) is 9.59 Å². The first-order chi connectivity index (χ1) is 10.9. The molecule has 1 fully saturated rings. The molecule has 0 bridgehead atoms. The van der Waals surface area contributed by atoms with Gasteiger partial charge in [-0.15, -0.1) is 11.6 Å². The maximum Gasteiger partial charge on any atom is 0.329 e. The first-order valence-electron chi connectivity index (χ1n) is 7.72. The normalized spacial score (nSPS) is 25.4. The Kier molecular flexibility index (Phi) is 5.52. The molecule has 2 N–H and O–H groups in total. The molecular weight excluding hydrogens is 318 g/mol. The first-order valence-corrected chi connectivity index (χ1v) is 8.15. The van der Waals surface area contributed by atoms with Gasteiger partial charge in [0.15, 0.2) is 0 Å². The third-order valence-corrected chi connectivity index (χ3v) is 4.84. The van der Waals surface area contributed by atoms with Crippen molar-refractivity contribution in [2.24, 2.45) is 5.92 Å². The lowest BCUT2D eigenvalue weighted by Crippen LogP contribution is -2.57. The van der Waals surface area contributed by atoms with Gasteiger partial charge in [-0.3, -0.25) is 4.79 Å². The zero-order chi connectivity index (χ0) is 17.0. The number of para-hydroxylation sites is 1. The van der Waals surface area contributed by atoms with Crippen LogP contribution in [0.15, 0.2) is 24.3 Å². The zero-order valence-corrected chi connectivity index (χ0v) is 14.1. The van der Waals surface area contributed by atoms with Gasteiger partial charge in [-0.1, -0.05) is 38.0 Å². The minimum atomic E-state index is -1.23. The largest absolute Gasteiger partial charge is 0.496 e. The van der Waals surface area contributed by atoms with Gasteiger partial charge in [0.1, 0.15) is 16.7 Å².